The van der Waals surface area contributed by atoms with Crippen LogP contribution < -0.4 is 4.90 Å². The van der Waals surface area contributed by atoms with Gasteiger partial charge < -0.3 is 4.90 Å². The molecule has 1 saturated heterocycles. The Hall–Kier alpha value is -0.990. The van der Waals surface area contributed by atoms with E-state index < -0.39 is 0 Å². The summed E-state index contributed by atoms with van der Waals surface area (Å²) < 4.78 is 0.869. The lowest BCUT2D eigenvalue weighted by Crippen LogP contribution is -2.25. The Labute approximate surface area is 114 Å². The van der Waals surface area contributed by atoms with Crippen LogP contribution in [0.15, 0.2) is 22.7 Å². The fourth-order valence-electron chi connectivity index (χ4n) is 1.96. The van der Waals surface area contributed by atoms with Crippen LogP contribution in [-0.2, 0) is 4.79 Å². The molecule has 17 heavy (non-hydrogen) atoms. The zero-order valence-electron chi connectivity index (χ0n) is 9.06. The lowest BCUT2D eigenvalue weighted by molar-refractivity contribution is -0.117. The van der Waals surface area contributed by atoms with Crippen LogP contribution in [-0.4, -0.2) is 18.2 Å². The number of hydrogen-bond donors (Lipinski definition) is 1. The average molecular weight is 311 g/mol. The number of amides is 1. The van der Waals surface area contributed by atoms with Crippen LogP contribution in [0, 0.1) is 17.2 Å². The molecule has 88 valence electrons. The minimum Gasteiger partial charge on any atom is -0.311 e. The first-order valence-electron chi connectivity index (χ1n) is 5.26. The van der Waals surface area contributed by atoms with E-state index in [0.717, 1.165) is 4.47 Å². The average Bonchev–Trinajstić information content (AvgIpc) is 2.70. The van der Waals surface area contributed by atoms with Gasteiger partial charge in [-0.25, -0.2) is 0 Å². The van der Waals surface area contributed by atoms with Gasteiger partial charge in [0.05, 0.1) is 11.3 Å². The zero-order chi connectivity index (χ0) is 12.4. The molecule has 0 N–H and O–H groups in total. The summed E-state index contributed by atoms with van der Waals surface area (Å²) in [4.78, 5) is 13.6. The highest BCUT2D eigenvalue weighted by molar-refractivity contribution is 9.10. The molecule has 1 aliphatic rings. The molecule has 1 aromatic rings. The molecule has 0 spiro atoms. The molecular weight excluding hydrogens is 300 g/mol. The molecule has 1 heterocycles. The van der Waals surface area contributed by atoms with E-state index in [1.54, 1.807) is 17.0 Å². The smallest absolute Gasteiger partial charge is 0.227 e. The second-order valence-corrected chi connectivity index (χ2v) is 5.31. The van der Waals surface area contributed by atoms with Gasteiger partial charge >= 0.3 is 0 Å². The second kappa shape index (κ2) is 5.11. The van der Waals surface area contributed by atoms with E-state index in [-0.39, 0.29) is 11.8 Å². The van der Waals surface area contributed by atoms with Crippen LogP contribution in [0.25, 0.3) is 0 Å². The van der Waals surface area contributed by atoms with Gasteiger partial charge in [-0.2, -0.15) is 17.9 Å². The van der Waals surface area contributed by atoms with Crippen LogP contribution in [0.5, 0.6) is 0 Å². The van der Waals surface area contributed by atoms with Gasteiger partial charge in [-0.05, 0) is 29.9 Å². The number of nitriles is 1. The third kappa shape index (κ3) is 2.48. The molecule has 1 unspecified atom stereocenters. The van der Waals surface area contributed by atoms with Crippen LogP contribution in [0.4, 0.5) is 5.69 Å². The summed E-state index contributed by atoms with van der Waals surface area (Å²) in [5, 5.41) is 9.06. The van der Waals surface area contributed by atoms with Crippen molar-refractivity contribution in [2.45, 2.75) is 6.42 Å². The van der Waals surface area contributed by atoms with Crippen LogP contribution in [0.1, 0.15) is 12.0 Å². The monoisotopic (exact) mass is 310 g/mol. The SMILES string of the molecule is N#Cc1ccc(Br)cc1N1CC(CS)CC1=O. The first-order chi connectivity index (χ1) is 8.15. The predicted molar refractivity (Wildman–Crippen MR) is 73.2 cm³/mol. The maximum absolute atomic E-state index is 11.9. The van der Waals surface area contributed by atoms with E-state index >= 15 is 0 Å². The summed E-state index contributed by atoms with van der Waals surface area (Å²) in [7, 11) is 0. The Morgan fingerprint density at radius 2 is 2.35 bits per heavy atom. The van der Waals surface area contributed by atoms with Crippen molar-refractivity contribution in [2.75, 3.05) is 17.2 Å². The molecule has 1 amide bonds. The highest BCUT2D eigenvalue weighted by Crippen LogP contribution is 2.30. The van der Waals surface area contributed by atoms with Crippen LogP contribution in [0.2, 0.25) is 0 Å². The van der Waals surface area contributed by atoms with Crippen molar-refractivity contribution in [2.24, 2.45) is 5.92 Å². The van der Waals surface area contributed by atoms with Crippen molar-refractivity contribution in [3.8, 4) is 6.07 Å². The maximum atomic E-state index is 11.9. The molecule has 0 aromatic heterocycles. The Morgan fingerprint density at radius 3 is 2.94 bits per heavy atom. The molecule has 0 radical (unpaired) electrons. The second-order valence-electron chi connectivity index (χ2n) is 4.03. The molecule has 5 heteroatoms. The summed E-state index contributed by atoms with van der Waals surface area (Å²) in [6, 6.07) is 7.46. The molecule has 0 saturated carbocycles. The van der Waals surface area contributed by atoms with Gasteiger partial charge in [0, 0.05) is 17.4 Å². The van der Waals surface area contributed by atoms with Crippen LogP contribution >= 0.6 is 28.6 Å². The first kappa shape index (κ1) is 12.5. The number of halogens is 1. The van der Waals surface area contributed by atoms with Crippen molar-refractivity contribution in [1.29, 1.82) is 5.26 Å². The number of thiol groups is 1. The lowest BCUT2D eigenvalue weighted by Gasteiger charge is -2.18. The molecule has 3 nitrogen and oxygen atoms in total. The third-order valence-electron chi connectivity index (χ3n) is 2.83. The minimum absolute atomic E-state index is 0.0682. The standard InChI is InChI=1S/C12H11BrN2OS/c13-10-2-1-9(5-14)11(4-10)15-6-8(7-17)3-12(15)16/h1-2,4,8,17H,3,6-7H2. The Balaban J connectivity index is 2.37. The fourth-order valence-corrected chi connectivity index (χ4v) is 2.55. The van der Waals surface area contributed by atoms with E-state index in [1.807, 2.05) is 6.07 Å². The Morgan fingerprint density at radius 1 is 1.59 bits per heavy atom. The molecular formula is C12H11BrN2OS. The van der Waals surface area contributed by atoms with Gasteiger partial charge in [0.15, 0.2) is 0 Å². The predicted octanol–water partition coefficient (Wildman–Crippen LogP) is 2.60. The summed E-state index contributed by atoms with van der Waals surface area (Å²) in [5.74, 6) is 1.04. The van der Waals surface area contributed by atoms with Crippen molar-refractivity contribution in [1.82, 2.24) is 0 Å². The number of hydrogen-bond acceptors (Lipinski definition) is 3. The lowest BCUT2D eigenvalue weighted by atomic mass is 10.1. The maximum Gasteiger partial charge on any atom is 0.227 e. The van der Waals surface area contributed by atoms with Gasteiger partial charge in [0.25, 0.3) is 0 Å². The van der Waals surface area contributed by atoms with Gasteiger partial charge in [0.1, 0.15) is 6.07 Å². The summed E-state index contributed by atoms with van der Waals surface area (Å²) in [6.07, 6.45) is 0.515. The fraction of sp³-hybridized carbons (Fsp3) is 0.333. The number of anilines is 1. The summed E-state index contributed by atoms with van der Waals surface area (Å²) >= 11 is 7.59. The van der Waals surface area contributed by atoms with Crippen molar-refractivity contribution >= 4 is 40.2 Å². The highest BCUT2D eigenvalue weighted by Gasteiger charge is 2.30. The van der Waals surface area contributed by atoms with E-state index in [9.17, 15) is 4.79 Å². The number of carbonyl (C=O) groups excluding carboxylic acids is 1. The molecule has 1 atom stereocenters. The number of nitrogens with zero attached hydrogens (tertiary/aromatic N) is 2. The summed E-state index contributed by atoms with van der Waals surface area (Å²) in [5.41, 5.74) is 1.22. The molecule has 1 aliphatic heterocycles. The minimum atomic E-state index is 0.0682. The summed E-state index contributed by atoms with van der Waals surface area (Å²) in [6.45, 7) is 0.646. The molecule has 1 aromatic carbocycles. The molecule has 0 aliphatic carbocycles. The Kier molecular flexibility index (Phi) is 3.75. The van der Waals surface area contributed by atoms with Crippen molar-refractivity contribution < 1.29 is 4.79 Å². The van der Waals surface area contributed by atoms with Crippen molar-refractivity contribution in [3.63, 3.8) is 0 Å². The van der Waals surface area contributed by atoms with Crippen molar-refractivity contribution in [3.05, 3.63) is 28.2 Å². The van der Waals surface area contributed by atoms with Gasteiger partial charge in [0.2, 0.25) is 5.91 Å². The molecule has 0 bridgehead atoms. The topological polar surface area (TPSA) is 44.1 Å². The quantitative estimate of drug-likeness (QED) is 0.853. The van der Waals surface area contributed by atoms with Gasteiger partial charge in [-0.1, -0.05) is 15.9 Å². The van der Waals surface area contributed by atoms with E-state index in [4.69, 9.17) is 5.26 Å². The van der Waals surface area contributed by atoms with Gasteiger partial charge in [-0.3, -0.25) is 4.79 Å². The largest absolute Gasteiger partial charge is 0.311 e. The Bertz CT molecular complexity index is 498. The highest BCUT2D eigenvalue weighted by atomic mass is 79.9. The third-order valence-corrected chi connectivity index (χ3v) is 3.84. The molecule has 2 rings (SSSR count). The number of carbonyl (C=O) groups is 1. The molecule has 1 fully saturated rings. The number of benzene rings is 1. The van der Waals surface area contributed by atoms with Crippen LogP contribution in [0.3, 0.4) is 0 Å². The van der Waals surface area contributed by atoms with E-state index in [0.29, 0.717) is 30.0 Å². The van der Waals surface area contributed by atoms with E-state index in [2.05, 4.69) is 34.6 Å². The zero-order valence-corrected chi connectivity index (χ0v) is 11.5. The van der Waals surface area contributed by atoms with Gasteiger partial charge in [-0.15, -0.1) is 0 Å². The number of rotatable bonds is 2. The van der Waals surface area contributed by atoms with E-state index in [1.165, 1.54) is 0 Å². The normalized spacial score (nSPS) is 19.5. The first-order valence-corrected chi connectivity index (χ1v) is 6.69.